The molecule has 0 amide bonds. The van der Waals surface area contributed by atoms with E-state index in [2.05, 4.69) is 10.7 Å². The molecule has 0 radical (unpaired) electrons. The van der Waals surface area contributed by atoms with E-state index in [-0.39, 0.29) is 0 Å². The van der Waals surface area contributed by atoms with Gasteiger partial charge in [0.1, 0.15) is 7.66 Å². The van der Waals surface area contributed by atoms with Crippen molar-refractivity contribution in [2.24, 2.45) is 16.2 Å². The summed E-state index contributed by atoms with van der Waals surface area (Å²) in [4.78, 5) is 2.90. The van der Waals surface area contributed by atoms with E-state index in [0.717, 1.165) is 0 Å². The predicted octanol–water partition coefficient (Wildman–Crippen LogP) is 0.162. The van der Waals surface area contributed by atoms with Gasteiger partial charge in [0.2, 0.25) is 0 Å². The summed E-state index contributed by atoms with van der Waals surface area (Å²) in [5, 5.41) is 6.38. The maximum atomic E-state index is 6.38. The van der Waals surface area contributed by atoms with Crippen molar-refractivity contribution in [1.82, 2.24) is 0 Å². The minimum absolute atomic E-state index is 1.45. The maximum absolute atomic E-state index is 6.38. The van der Waals surface area contributed by atoms with Gasteiger partial charge in [-0.15, -0.1) is 0 Å². The summed E-state index contributed by atoms with van der Waals surface area (Å²) in [5.74, 6) is 4.51. The van der Waals surface area contributed by atoms with E-state index >= 15 is 0 Å². The fraction of sp³-hybridized carbons (Fsp3) is 0. The van der Waals surface area contributed by atoms with E-state index in [0.29, 0.717) is 0 Å². The minimum atomic E-state index is -1.45. The molecule has 0 saturated heterocycles. The van der Waals surface area contributed by atoms with Crippen molar-refractivity contribution in [3.63, 3.8) is 0 Å². The number of nitrogens with one attached hydrogen (secondary N) is 1. The second-order valence-corrected chi connectivity index (χ2v) is 1.38. The highest BCUT2D eigenvalue weighted by molar-refractivity contribution is 7.31. The minimum Gasteiger partial charge on any atom is -0.258 e. The lowest BCUT2D eigenvalue weighted by atomic mass is 13.0. The zero-order valence-corrected chi connectivity index (χ0v) is 3.44. The molecule has 0 saturated carbocycles. The van der Waals surface area contributed by atoms with E-state index < -0.39 is 7.66 Å². The first-order valence-electron chi connectivity index (χ1n) is 0.940. The van der Waals surface area contributed by atoms with Crippen molar-refractivity contribution in [1.29, 1.82) is 5.16 Å². The highest BCUT2D eigenvalue weighted by atomic mass is 31.1. The van der Waals surface area contributed by atoms with Crippen molar-refractivity contribution in [2.45, 2.75) is 0 Å². The number of hydrogen-bond acceptors (Lipinski definition) is 2. The van der Waals surface area contributed by atoms with Gasteiger partial charge in [0, 0.05) is 0 Å². The summed E-state index contributed by atoms with van der Waals surface area (Å²) in [6, 6.07) is 0. The summed E-state index contributed by atoms with van der Waals surface area (Å²) < 4.78 is 0. The Morgan fingerprint density at radius 1 is 1.80 bits per heavy atom. The molecular formula is H5N4P. The number of hydrogen-bond donors (Lipinski definition) is 3. The van der Waals surface area contributed by atoms with Crippen LogP contribution >= 0.6 is 7.66 Å². The van der Waals surface area contributed by atoms with Gasteiger partial charge in [-0.25, -0.2) is 5.84 Å². The lowest BCUT2D eigenvalue weighted by Crippen LogP contribution is -1.74. The molecule has 0 spiro atoms. The quantitative estimate of drug-likeness (QED) is 0.226. The first-order valence-corrected chi connectivity index (χ1v) is 2.30. The Morgan fingerprint density at radius 3 is 2.00 bits per heavy atom. The second kappa shape index (κ2) is 2.08. The number of rotatable bonds is 0. The molecule has 0 aliphatic heterocycles. The largest absolute Gasteiger partial charge is 0.258 e. The second-order valence-electron chi connectivity index (χ2n) is 0.460. The third-order valence-corrected chi connectivity index (χ3v) is 0.373. The summed E-state index contributed by atoms with van der Waals surface area (Å²) >= 11 is 0. The lowest BCUT2D eigenvalue weighted by Gasteiger charge is -1.62. The first kappa shape index (κ1) is 4.82. The van der Waals surface area contributed by atoms with Gasteiger partial charge < -0.3 is 0 Å². The summed E-state index contributed by atoms with van der Waals surface area (Å²) in [6.45, 7) is 0. The van der Waals surface area contributed by atoms with Gasteiger partial charge in [-0.1, -0.05) is 0 Å². The van der Waals surface area contributed by atoms with Crippen LogP contribution < -0.4 is 11.3 Å². The van der Waals surface area contributed by atoms with E-state index in [4.69, 9.17) is 10.7 Å². The van der Waals surface area contributed by atoms with Gasteiger partial charge in [0.05, 0.1) is 0 Å². The van der Waals surface area contributed by atoms with Crippen LogP contribution in [0.1, 0.15) is 0 Å². The van der Waals surface area contributed by atoms with Gasteiger partial charge in [0.25, 0.3) is 0 Å². The fourth-order valence-corrected chi connectivity index (χ4v) is 0. The van der Waals surface area contributed by atoms with Crippen molar-refractivity contribution in [3.8, 4) is 0 Å². The highest BCUT2D eigenvalue weighted by Crippen LogP contribution is 1.86. The number of nitrogens with two attached hydrogens (primary N) is 2. The Labute approximate surface area is 30.2 Å². The van der Waals surface area contributed by atoms with Crippen molar-refractivity contribution >= 4 is 7.66 Å². The smallest absolute Gasteiger partial charge is 0.146 e. The van der Waals surface area contributed by atoms with Crippen LogP contribution in [0.2, 0.25) is 0 Å². The van der Waals surface area contributed by atoms with E-state index in [9.17, 15) is 0 Å². The van der Waals surface area contributed by atoms with E-state index in [1.54, 1.807) is 0 Å². The normalized spacial score (nSPS) is 12.0. The predicted molar refractivity (Wildman–Crippen MR) is 20.4 cm³/mol. The molecule has 5 N–H and O–H groups in total. The third-order valence-electron chi connectivity index (χ3n) is 0.124. The van der Waals surface area contributed by atoms with Crippen LogP contribution in [0.15, 0.2) is 4.85 Å². The van der Waals surface area contributed by atoms with Crippen LogP contribution in [0, 0.1) is 5.16 Å². The Kier molecular flexibility index (Phi) is 2.01. The molecule has 1 unspecified atom stereocenters. The van der Waals surface area contributed by atoms with Crippen LogP contribution in [0.3, 0.4) is 0 Å². The number of nitrogens with zero attached hydrogens (tertiary/aromatic N) is 1. The molecule has 0 bridgehead atoms. The Bertz CT molecular complexity index is 75.6. The molecule has 0 aromatic carbocycles. The molecule has 0 rings (SSSR count). The topological polar surface area (TPSA) is 88.2 Å². The summed E-state index contributed by atoms with van der Waals surface area (Å²) in [6.07, 6.45) is 0. The summed E-state index contributed by atoms with van der Waals surface area (Å²) in [7, 11) is -1.45. The molecule has 5 heavy (non-hydrogen) atoms. The molecule has 30 valence electrons. The van der Waals surface area contributed by atoms with E-state index in [1.807, 2.05) is 0 Å². The van der Waals surface area contributed by atoms with Gasteiger partial charge in [-0.3, -0.25) is 10.7 Å². The average molecular weight is 92.0 g/mol. The summed E-state index contributed by atoms with van der Waals surface area (Å²) in [5.41, 5.74) is 4.73. The van der Waals surface area contributed by atoms with E-state index in [1.165, 1.54) is 0 Å². The standard InChI is InChI=1S/H5N4P/c1-4-5(2)3/h1H2,(H3,2,3,4). The van der Waals surface area contributed by atoms with Crippen molar-refractivity contribution < 1.29 is 0 Å². The fourth-order valence-electron chi connectivity index (χ4n) is 0. The van der Waals surface area contributed by atoms with Crippen LogP contribution in [-0.4, -0.2) is 0 Å². The zero-order chi connectivity index (χ0) is 4.28. The monoisotopic (exact) mass is 92.0 g/mol. The molecule has 0 aromatic heterocycles. The Balaban J connectivity index is 3.62. The molecular weight excluding hydrogens is 87.0 g/mol. The average Bonchev–Trinajstić information content (AvgIpc) is 1.38. The molecule has 1 atom stereocenters. The molecule has 0 aliphatic carbocycles. The van der Waals surface area contributed by atoms with Gasteiger partial charge in [-0.2, -0.15) is 4.85 Å². The maximum Gasteiger partial charge on any atom is 0.146 e. The molecule has 0 aromatic rings. The third kappa shape index (κ3) is 3.82. The van der Waals surface area contributed by atoms with Crippen LogP contribution in [-0.2, 0) is 0 Å². The SMILES string of the molecule is N=P(/N)=N\N. The highest BCUT2D eigenvalue weighted by Gasteiger charge is 1.48. The van der Waals surface area contributed by atoms with Crippen LogP contribution in [0.4, 0.5) is 0 Å². The lowest BCUT2D eigenvalue weighted by molar-refractivity contribution is 1.28. The van der Waals surface area contributed by atoms with Crippen molar-refractivity contribution in [2.75, 3.05) is 0 Å². The first-order chi connectivity index (χ1) is 2.27. The molecule has 0 heterocycles. The van der Waals surface area contributed by atoms with Crippen LogP contribution in [0.5, 0.6) is 0 Å². The molecule has 0 fully saturated rings. The molecule has 5 heteroatoms. The van der Waals surface area contributed by atoms with Crippen LogP contribution in [0.25, 0.3) is 0 Å². The van der Waals surface area contributed by atoms with Gasteiger partial charge in [0.15, 0.2) is 0 Å². The Morgan fingerprint density at radius 2 is 2.00 bits per heavy atom. The molecule has 4 nitrogen and oxygen atoms in total. The molecule has 0 aliphatic rings. The van der Waals surface area contributed by atoms with Crippen molar-refractivity contribution in [3.05, 3.63) is 0 Å². The zero-order valence-electron chi connectivity index (χ0n) is 2.55. The van der Waals surface area contributed by atoms with Gasteiger partial charge >= 0.3 is 0 Å². The van der Waals surface area contributed by atoms with Gasteiger partial charge in [-0.05, 0) is 0 Å². The Hall–Kier alpha value is -0.180.